The van der Waals surface area contributed by atoms with Crippen molar-refractivity contribution < 1.29 is 14.3 Å². The monoisotopic (exact) mass is 447 g/mol. The molecule has 0 atom stereocenters. The van der Waals surface area contributed by atoms with Crippen LogP contribution in [0.15, 0.2) is 58.1 Å². The van der Waals surface area contributed by atoms with E-state index >= 15 is 0 Å². The lowest BCUT2D eigenvalue weighted by Crippen LogP contribution is -2.23. The summed E-state index contributed by atoms with van der Waals surface area (Å²) in [6, 6.07) is 10.3. The molecule has 0 aliphatic heterocycles. The number of carbonyl (C=O) groups is 2. The number of H-pyrrole nitrogens is 1. The van der Waals surface area contributed by atoms with Crippen LogP contribution in [-0.4, -0.2) is 28.8 Å². The zero-order valence-corrected chi connectivity index (χ0v) is 18.4. The van der Waals surface area contributed by atoms with Crippen molar-refractivity contribution in [2.24, 2.45) is 0 Å². The molecule has 2 N–H and O–H groups in total. The number of hydrogen-bond donors (Lipinski definition) is 2. The van der Waals surface area contributed by atoms with E-state index in [1.807, 2.05) is 23.8 Å². The van der Waals surface area contributed by atoms with E-state index < -0.39 is 11.5 Å². The Morgan fingerprint density at radius 1 is 1.19 bits per heavy atom. The largest absolute Gasteiger partial charge is 0.481 e. The van der Waals surface area contributed by atoms with Crippen molar-refractivity contribution >= 4 is 39.6 Å². The van der Waals surface area contributed by atoms with Gasteiger partial charge in [0.15, 0.2) is 5.78 Å². The number of thiophene rings is 1. The molecule has 7 nitrogen and oxygen atoms in total. The number of aryl methyl sites for hydroxylation is 2. The van der Waals surface area contributed by atoms with Crippen molar-refractivity contribution in [2.75, 3.05) is 12.4 Å². The van der Waals surface area contributed by atoms with Gasteiger partial charge in [0.25, 0.3) is 11.5 Å². The number of ketones is 1. The smallest absolute Gasteiger partial charge is 0.261 e. The van der Waals surface area contributed by atoms with Crippen LogP contribution in [-0.2, 0) is 6.42 Å². The van der Waals surface area contributed by atoms with Crippen LogP contribution in [0, 0.1) is 6.92 Å². The van der Waals surface area contributed by atoms with Gasteiger partial charge in [0, 0.05) is 35.3 Å². The lowest BCUT2D eigenvalue weighted by molar-refractivity contribution is 0.0980. The molecule has 4 rings (SSSR count). The third-order valence-corrected chi connectivity index (χ3v) is 5.92. The molecular weight excluding hydrogens is 426 g/mol. The van der Waals surface area contributed by atoms with E-state index in [9.17, 15) is 14.4 Å². The normalized spacial score (nSPS) is 10.8. The number of benzene rings is 1. The number of hydrogen-bond acceptors (Lipinski definition) is 6. The predicted octanol–water partition coefficient (Wildman–Crippen LogP) is 4.37. The van der Waals surface area contributed by atoms with Crippen LogP contribution in [0.5, 0.6) is 5.88 Å². The maximum Gasteiger partial charge on any atom is 0.261 e. The maximum absolute atomic E-state index is 12.9. The highest BCUT2D eigenvalue weighted by molar-refractivity contribution is 7.07. The highest BCUT2D eigenvalue weighted by Crippen LogP contribution is 2.21. The second-order valence-corrected chi connectivity index (χ2v) is 8.14. The predicted molar refractivity (Wildman–Crippen MR) is 125 cm³/mol. The second-order valence-electron chi connectivity index (χ2n) is 7.36. The molecule has 0 fully saturated rings. The Morgan fingerprint density at radius 2 is 2.03 bits per heavy atom. The first-order chi connectivity index (χ1) is 15.4. The third-order valence-electron chi connectivity index (χ3n) is 5.18. The van der Waals surface area contributed by atoms with E-state index in [1.54, 1.807) is 35.6 Å². The van der Waals surface area contributed by atoms with Crippen molar-refractivity contribution in [2.45, 2.75) is 19.8 Å². The summed E-state index contributed by atoms with van der Waals surface area (Å²) in [6.45, 7) is 1.83. The van der Waals surface area contributed by atoms with Crippen LogP contribution in [0.25, 0.3) is 10.9 Å². The van der Waals surface area contributed by atoms with Crippen LogP contribution in [0.2, 0.25) is 0 Å². The van der Waals surface area contributed by atoms with Gasteiger partial charge in [-0.3, -0.25) is 14.4 Å². The number of Topliss-reactive ketones (excluding diaryl/α,β-unsaturated/α-hetero) is 1. The molecule has 0 unspecified atom stereocenters. The summed E-state index contributed by atoms with van der Waals surface area (Å²) in [5, 5.41) is 7.38. The molecule has 0 spiro atoms. The summed E-state index contributed by atoms with van der Waals surface area (Å²) < 4.78 is 5.06. The molecule has 0 saturated heterocycles. The molecule has 0 aliphatic rings. The minimum absolute atomic E-state index is 0.00438. The number of aromatic amines is 1. The van der Waals surface area contributed by atoms with Gasteiger partial charge in [-0.2, -0.15) is 11.3 Å². The summed E-state index contributed by atoms with van der Waals surface area (Å²) in [7, 11) is 1.48. The number of nitrogens with one attached hydrogen (secondary N) is 2. The third kappa shape index (κ3) is 4.60. The summed E-state index contributed by atoms with van der Waals surface area (Å²) in [5.74, 6) is -0.202. The van der Waals surface area contributed by atoms with Gasteiger partial charge in [-0.15, -0.1) is 0 Å². The summed E-state index contributed by atoms with van der Waals surface area (Å²) in [6.07, 6.45) is 2.58. The van der Waals surface area contributed by atoms with Crippen LogP contribution in [0.1, 0.15) is 38.3 Å². The molecule has 0 aliphatic carbocycles. The van der Waals surface area contributed by atoms with Gasteiger partial charge in [-0.05, 0) is 53.4 Å². The fourth-order valence-electron chi connectivity index (χ4n) is 3.32. The molecular formula is C24H21N3O4S. The fraction of sp³-hybridized carbons (Fsp3) is 0.167. The Morgan fingerprint density at radius 3 is 2.78 bits per heavy atom. The quantitative estimate of drug-likeness (QED) is 0.410. The van der Waals surface area contributed by atoms with E-state index in [0.29, 0.717) is 40.9 Å². The molecule has 1 aromatic carbocycles. The SMILES string of the molecule is COc1cc2[nH]c(=O)c(C(=O)Nc3cc(C(=O)CCc4ccsc4)ccc3C)cc2cn1. The average molecular weight is 448 g/mol. The van der Waals surface area contributed by atoms with Crippen LogP contribution in [0.4, 0.5) is 5.69 Å². The van der Waals surface area contributed by atoms with E-state index in [-0.39, 0.29) is 11.3 Å². The second kappa shape index (κ2) is 9.15. The molecule has 0 saturated carbocycles. The van der Waals surface area contributed by atoms with Gasteiger partial charge in [-0.25, -0.2) is 4.98 Å². The van der Waals surface area contributed by atoms with Crippen molar-refractivity contribution in [3.63, 3.8) is 0 Å². The number of nitrogens with zero attached hydrogens (tertiary/aromatic N) is 1. The van der Waals surface area contributed by atoms with Gasteiger partial charge in [0.05, 0.1) is 12.6 Å². The van der Waals surface area contributed by atoms with Crippen molar-refractivity contribution in [1.29, 1.82) is 0 Å². The molecule has 0 radical (unpaired) electrons. The van der Waals surface area contributed by atoms with Gasteiger partial charge < -0.3 is 15.0 Å². The van der Waals surface area contributed by atoms with E-state index in [0.717, 1.165) is 11.1 Å². The number of aromatic nitrogens is 2. The highest BCUT2D eigenvalue weighted by Gasteiger charge is 2.15. The van der Waals surface area contributed by atoms with Crippen LogP contribution >= 0.6 is 11.3 Å². The van der Waals surface area contributed by atoms with E-state index in [2.05, 4.69) is 15.3 Å². The Bertz CT molecular complexity index is 1360. The van der Waals surface area contributed by atoms with Gasteiger partial charge in [0.2, 0.25) is 5.88 Å². The summed E-state index contributed by atoms with van der Waals surface area (Å²) in [5.41, 5.74) is 2.88. The Balaban J connectivity index is 1.55. The topological polar surface area (TPSA) is 101 Å². The molecule has 3 aromatic heterocycles. The summed E-state index contributed by atoms with van der Waals surface area (Å²) in [4.78, 5) is 44.8. The van der Waals surface area contributed by atoms with Crippen molar-refractivity contribution in [1.82, 2.24) is 9.97 Å². The number of methoxy groups -OCH3 is 1. The van der Waals surface area contributed by atoms with Gasteiger partial charge in [0.1, 0.15) is 5.56 Å². The molecule has 32 heavy (non-hydrogen) atoms. The number of ether oxygens (including phenoxy) is 1. The lowest BCUT2D eigenvalue weighted by Gasteiger charge is -2.11. The zero-order chi connectivity index (χ0) is 22.7. The minimum atomic E-state index is -0.560. The van der Waals surface area contributed by atoms with Gasteiger partial charge >= 0.3 is 0 Å². The number of anilines is 1. The zero-order valence-electron chi connectivity index (χ0n) is 17.6. The Hall–Kier alpha value is -3.78. The van der Waals surface area contributed by atoms with Gasteiger partial charge in [-0.1, -0.05) is 12.1 Å². The average Bonchev–Trinajstić information content (AvgIpc) is 3.31. The minimum Gasteiger partial charge on any atom is -0.481 e. The molecule has 4 aromatic rings. The first-order valence-electron chi connectivity index (χ1n) is 9.98. The fourth-order valence-corrected chi connectivity index (χ4v) is 4.02. The molecule has 1 amide bonds. The first kappa shape index (κ1) is 21.5. The summed E-state index contributed by atoms with van der Waals surface area (Å²) >= 11 is 1.60. The number of rotatable bonds is 7. The number of fused-ring (bicyclic) bond motifs is 1. The Labute approximate surface area is 188 Å². The lowest BCUT2D eigenvalue weighted by atomic mass is 10.0. The van der Waals surface area contributed by atoms with E-state index in [4.69, 9.17) is 4.74 Å². The van der Waals surface area contributed by atoms with E-state index in [1.165, 1.54) is 19.4 Å². The number of amides is 1. The highest BCUT2D eigenvalue weighted by atomic mass is 32.1. The number of carbonyl (C=O) groups excluding carboxylic acids is 2. The molecule has 0 bridgehead atoms. The molecule has 3 heterocycles. The Kier molecular flexibility index (Phi) is 6.13. The molecule has 162 valence electrons. The van der Waals surface area contributed by atoms with Crippen LogP contribution in [0.3, 0.4) is 0 Å². The maximum atomic E-state index is 12.9. The standard InChI is InChI=1S/C24H21N3O4S/c1-14-3-5-16(21(28)6-4-15-7-8-32-13-15)10-19(14)26-23(29)18-9-17-12-25-22(31-2)11-20(17)27-24(18)30/h3,5,7-13H,4,6H2,1-2H3,(H,26,29)(H,27,30). The number of pyridine rings is 2. The first-order valence-corrected chi connectivity index (χ1v) is 10.9. The van der Waals surface area contributed by atoms with Crippen molar-refractivity contribution in [3.8, 4) is 5.88 Å². The van der Waals surface area contributed by atoms with Crippen LogP contribution < -0.4 is 15.6 Å². The molecule has 8 heteroatoms. The van der Waals surface area contributed by atoms with Crippen molar-refractivity contribution in [3.05, 3.63) is 86.0 Å².